The zero-order valence-corrected chi connectivity index (χ0v) is 14.5. The summed E-state index contributed by atoms with van der Waals surface area (Å²) in [7, 11) is 0. The number of rotatable bonds is 5. The molecule has 0 radical (unpaired) electrons. The molecule has 0 saturated carbocycles. The Labute approximate surface area is 153 Å². The molecule has 4 heterocycles. The highest BCUT2D eigenvalue weighted by molar-refractivity contribution is 5.85. The van der Waals surface area contributed by atoms with Crippen LogP contribution in [0.15, 0.2) is 43.0 Å². The van der Waals surface area contributed by atoms with E-state index in [0.29, 0.717) is 35.7 Å². The van der Waals surface area contributed by atoms with Gasteiger partial charge in [0, 0.05) is 24.2 Å². The van der Waals surface area contributed by atoms with E-state index >= 15 is 0 Å². The van der Waals surface area contributed by atoms with E-state index < -0.39 is 5.82 Å². The Morgan fingerprint density at radius 3 is 2.78 bits per heavy atom. The molecule has 4 rings (SSSR count). The van der Waals surface area contributed by atoms with Crippen molar-refractivity contribution in [2.45, 2.75) is 13.5 Å². The molecule has 2 N–H and O–H groups in total. The fraction of sp³-hybridized carbons (Fsp3) is 0.167. The standard InChI is InChI=1S/C18H16FN7O/c1-2-27-18-24-15(20)14-17(25-18)26(10-11-4-3-5-21-7-11)16(23-14)12-6-13(19)9-22-8-12/h3-9H,2,10H2,1H3,(H2,20,24,25). The van der Waals surface area contributed by atoms with E-state index in [-0.39, 0.29) is 11.8 Å². The fourth-order valence-corrected chi connectivity index (χ4v) is 2.77. The summed E-state index contributed by atoms with van der Waals surface area (Å²) < 4.78 is 21.0. The Morgan fingerprint density at radius 1 is 1.15 bits per heavy atom. The molecule has 0 aromatic carbocycles. The van der Waals surface area contributed by atoms with Crippen molar-refractivity contribution in [2.75, 3.05) is 12.3 Å². The lowest BCUT2D eigenvalue weighted by atomic mass is 10.2. The number of hydrogen-bond donors (Lipinski definition) is 1. The SMILES string of the molecule is CCOc1nc(N)c2nc(-c3cncc(F)c3)n(Cc3cccnc3)c2n1. The first kappa shape index (κ1) is 16.8. The average Bonchev–Trinajstić information content (AvgIpc) is 3.02. The van der Waals surface area contributed by atoms with Crippen molar-refractivity contribution < 1.29 is 9.13 Å². The molecule has 0 aliphatic rings. The number of pyridine rings is 2. The Balaban J connectivity index is 1.95. The van der Waals surface area contributed by atoms with Crippen molar-refractivity contribution in [3.63, 3.8) is 0 Å². The van der Waals surface area contributed by atoms with E-state index in [4.69, 9.17) is 10.5 Å². The number of ether oxygens (including phenoxy) is 1. The maximum absolute atomic E-state index is 13.7. The second-order valence-corrected chi connectivity index (χ2v) is 5.77. The fourth-order valence-electron chi connectivity index (χ4n) is 2.77. The zero-order chi connectivity index (χ0) is 18.8. The number of halogens is 1. The predicted molar refractivity (Wildman–Crippen MR) is 97.4 cm³/mol. The topological polar surface area (TPSA) is 105 Å². The third-order valence-corrected chi connectivity index (χ3v) is 3.90. The van der Waals surface area contributed by atoms with Crippen molar-refractivity contribution in [3.05, 3.63) is 54.4 Å². The molecule has 4 aromatic rings. The van der Waals surface area contributed by atoms with Gasteiger partial charge < -0.3 is 15.0 Å². The van der Waals surface area contributed by atoms with Gasteiger partial charge in [0.25, 0.3) is 0 Å². The van der Waals surface area contributed by atoms with Gasteiger partial charge >= 0.3 is 6.01 Å². The van der Waals surface area contributed by atoms with Crippen LogP contribution in [0.3, 0.4) is 0 Å². The molecule has 8 nitrogen and oxygen atoms in total. The highest BCUT2D eigenvalue weighted by Crippen LogP contribution is 2.28. The number of fused-ring (bicyclic) bond motifs is 1. The highest BCUT2D eigenvalue weighted by atomic mass is 19.1. The molecule has 4 aromatic heterocycles. The monoisotopic (exact) mass is 365 g/mol. The Hall–Kier alpha value is -3.62. The minimum atomic E-state index is -0.457. The molecule has 27 heavy (non-hydrogen) atoms. The Morgan fingerprint density at radius 2 is 2.04 bits per heavy atom. The molecule has 0 atom stereocenters. The number of aromatic nitrogens is 6. The lowest BCUT2D eigenvalue weighted by molar-refractivity contribution is 0.314. The molecule has 0 fully saturated rings. The smallest absolute Gasteiger partial charge is 0.320 e. The van der Waals surface area contributed by atoms with Gasteiger partial charge in [-0.2, -0.15) is 9.97 Å². The minimum absolute atomic E-state index is 0.166. The molecule has 0 unspecified atom stereocenters. The number of imidazole rings is 1. The summed E-state index contributed by atoms with van der Waals surface area (Å²) >= 11 is 0. The summed E-state index contributed by atoms with van der Waals surface area (Å²) in [5.41, 5.74) is 8.41. The summed E-state index contributed by atoms with van der Waals surface area (Å²) in [6.07, 6.45) is 6.11. The second-order valence-electron chi connectivity index (χ2n) is 5.77. The molecule has 0 spiro atoms. The van der Waals surface area contributed by atoms with Gasteiger partial charge in [-0.25, -0.2) is 9.37 Å². The van der Waals surface area contributed by atoms with Crippen LogP contribution < -0.4 is 10.5 Å². The van der Waals surface area contributed by atoms with Gasteiger partial charge in [-0.15, -0.1) is 0 Å². The van der Waals surface area contributed by atoms with Crippen molar-refractivity contribution in [1.82, 2.24) is 29.5 Å². The maximum atomic E-state index is 13.7. The van der Waals surface area contributed by atoms with Crippen LogP contribution in [0.1, 0.15) is 12.5 Å². The first-order valence-corrected chi connectivity index (χ1v) is 8.32. The summed E-state index contributed by atoms with van der Waals surface area (Å²) in [5, 5.41) is 0. The van der Waals surface area contributed by atoms with Gasteiger partial charge in [0.05, 0.1) is 19.3 Å². The number of nitrogens with zero attached hydrogens (tertiary/aromatic N) is 6. The van der Waals surface area contributed by atoms with Crippen LogP contribution in [-0.2, 0) is 6.54 Å². The van der Waals surface area contributed by atoms with E-state index in [9.17, 15) is 4.39 Å². The van der Waals surface area contributed by atoms with Gasteiger partial charge in [-0.1, -0.05) is 6.07 Å². The van der Waals surface area contributed by atoms with Crippen LogP contribution in [0.4, 0.5) is 10.2 Å². The Kier molecular flexibility index (Phi) is 4.33. The first-order chi connectivity index (χ1) is 13.2. The normalized spacial score (nSPS) is 11.0. The van der Waals surface area contributed by atoms with Crippen LogP contribution in [0.2, 0.25) is 0 Å². The molecule has 9 heteroatoms. The maximum Gasteiger partial charge on any atom is 0.320 e. The van der Waals surface area contributed by atoms with Crippen molar-refractivity contribution in [3.8, 4) is 17.4 Å². The zero-order valence-electron chi connectivity index (χ0n) is 14.5. The Bertz CT molecular complexity index is 1100. The molecule has 0 aliphatic carbocycles. The minimum Gasteiger partial charge on any atom is -0.464 e. The molecule has 0 amide bonds. The summed E-state index contributed by atoms with van der Waals surface area (Å²) in [4.78, 5) is 21.2. The number of nitrogen functional groups attached to an aromatic ring is 1. The van der Waals surface area contributed by atoms with Crippen LogP contribution in [0.5, 0.6) is 6.01 Å². The lowest BCUT2D eigenvalue weighted by Gasteiger charge is -2.09. The van der Waals surface area contributed by atoms with Gasteiger partial charge in [0.15, 0.2) is 17.0 Å². The summed E-state index contributed by atoms with van der Waals surface area (Å²) in [5.74, 6) is 0.219. The van der Waals surface area contributed by atoms with Crippen molar-refractivity contribution >= 4 is 17.0 Å². The number of nitrogens with two attached hydrogens (primary N) is 1. The van der Waals surface area contributed by atoms with Gasteiger partial charge in [0.1, 0.15) is 11.6 Å². The molecular weight excluding hydrogens is 349 g/mol. The van der Waals surface area contributed by atoms with Crippen LogP contribution >= 0.6 is 0 Å². The third kappa shape index (κ3) is 3.26. The highest BCUT2D eigenvalue weighted by Gasteiger charge is 2.19. The molecule has 0 aliphatic heterocycles. The van der Waals surface area contributed by atoms with Crippen LogP contribution in [0, 0.1) is 5.82 Å². The molecule has 0 bridgehead atoms. The molecule has 136 valence electrons. The van der Waals surface area contributed by atoms with E-state index in [1.807, 2.05) is 23.6 Å². The van der Waals surface area contributed by atoms with Crippen LogP contribution in [-0.4, -0.2) is 36.1 Å². The van der Waals surface area contributed by atoms with Gasteiger partial charge in [-0.3, -0.25) is 9.97 Å². The third-order valence-electron chi connectivity index (χ3n) is 3.90. The number of anilines is 1. The molecule has 0 saturated heterocycles. The quantitative estimate of drug-likeness (QED) is 0.579. The van der Waals surface area contributed by atoms with E-state index in [2.05, 4.69) is 24.9 Å². The lowest BCUT2D eigenvalue weighted by Crippen LogP contribution is -2.06. The predicted octanol–water partition coefficient (Wildman–Crippen LogP) is 2.45. The number of hydrogen-bond acceptors (Lipinski definition) is 7. The largest absolute Gasteiger partial charge is 0.464 e. The second kappa shape index (κ2) is 6.94. The van der Waals surface area contributed by atoms with E-state index in [0.717, 1.165) is 11.8 Å². The van der Waals surface area contributed by atoms with Crippen molar-refractivity contribution in [2.24, 2.45) is 0 Å². The van der Waals surface area contributed by atoms with Gasteiger partial charge in [-0.05, 0) is 24.6 Å². The van der Waals surface area contributed by atoms with Crippen LogP contribution in [0.25, 0.3) is 22.6 Å². The summed E-state index contributed by atoms with van der Waals surface area (Å²) in [6, 6.07) is 5.30. The average molecular weight is 365 g/mol. The first-order valence-electron chi connectivity index (χ1n) is 8.32. The molecular formula is C18H16FN7O. The van der Waals surface area contributed by atoms with E-state index in [1.165, 1.54) is 12.3 Å². The van der Waals surface area contributed by atoms with Gasteiger partial charge in [0.2, 0.25) is 0 Å². The van der Waals surface area contributed by atoms with Crippen molar-refractivity contribution in [1.29, 1.82) is 0 Å². The van der Waals surface area contributed by atoms with E-state index in [1.54, 1.807) is 12.4 Å². The summed E-state index contributed by atoms with van der Waals surface area (Å²) in [6.45, 7) is 2.65.